The molecule has 1 aliphatic heterocycles. The van der Waals surface area contributed by atoms with Crippen molar-refractivity contribution < 1.29 is 29.9 Å². The molecule has 1 saturated heterocycles. The maximum atomic E-state index is 9.91. The van der Waals surface area contributed by atoms with E-state index in [4.69, 9.17) is 26.2 Å². The molecule has 6 nitrogen and oxygen atoms in total. The fraction of sp³-hybridized carbons (Fsp3) is 0.538. The van der Waals surface area contributed by atoms with Crippen molar-refractivity contribution in [1.82, 2.24) is 0 Å². The van der Waals surface area contributed by atoms with Crippen LogP contribution in [0.25, 0.3) is 0 Å². The van der Waals surface area contributed by atoms with Gasteiger partial charge >= 0.3 is 0 Å². The molecule has 112 valence electrons. The van der Waals surface area contributed by atoms with Crippen molar-refractivity contribution in [1.29, 1.82) is 0 Å². The van der Waals surface area contributed by atoms with E-state index < -0.39 is 36.3 Å². The lowest BCUT2D eigenvalue weighted by Gasteiger charge is -2.26. The Kier molecular flexibility index (Phi) is 4.98. The van der Waals surface area contributed by atoms with Gasteiger partial charge in [-0.1, -0.05) is 41.9 Å². The molecule has 7 heteroatoms. The van der Waals surface area contributed by atoms with E-state index in [-0.39, 0.29) is 6.61 Å². The van der Waals surface area contributed by atoms with Crippen LogP contribution in [-0.4, -0.2) is 58.1 Å². The van der Waals surface area contributed by atoms with Crippen LogP contribution in [0.2, 0.25) is 0 Å². The van der Waals surface area contributed by atoms with Crippen molar-refractivity contribution >= 4 is 11.6 Å². The van der Waals surface area contributed by atoms with E-state index in [0.717, 1.165) is 0 Å². The molecule has 0 aliphatic carbocycles. The average molecular weight is 305 g/mol. The van der Waals surface area contributed by atoms with Gasteiger partial charge in [0.15, 0.2) is 0 Å². The normalized spacial score (nSPS) is 30.9. The monoisotopic (exact) mass is 304 g/mol. The Labute approximate surface area is 121 Å². The molecule has 1 fully saturated rings. The molecule has 0 radical (unpaired) electrons. The van der Waals surface area contributed by atoms with E-state index in [1.54, 1.807) is 24.3 Å². The highest BCUT2D eigenvalue weighted by atomic mass is 35.5. The molecular formula is C13H17ClO6. The fourth-order valence-corrected chi connectivity index (χ4v) is 2.27. The number of aliphatic hydroxyl groups excluding tert-OH is 4. The molecule has 0 saturated carbocycles. The van der Waals surface area contributed by atoms with E-state index in [1.165, 1.54) is 0 Å². The second-order valence-electron chi connectivity index (χ2n) is 4.60. The molecule has 1 heterocycles. The minimum absolute atomic E-state index is 0.0469. The minimum atomic E-state index is -1.55. The van der Waals surface area contributed by atoms with Crippen molar-refractivity contribution in [2.45, 2.75) is 29.7 Å². The van der Waals surface area contributed by atoms with Gasteiger partial charge in [0.25, 0.3) is 5.25 Å². The molecule has 2 rings (SSSR count). The summed E-state index contributed by atoms with van der Waals surface area (Å²) in [6.45, 7) is -0.717. The van der Waals surface area contributed by atoms with Crippen LogP contribution >= 0.6 is 11.6 Å². The summed E-state index contributed by atoms with van der Waals surface area (Å²) < 4.78 is 10.8. The third-order valence-corrected chi connectivity index (χ3v) is 3.58. The van der Waals surface area contributed by atoms with Crippen molar-refractivity contribution in [3.05, 3.63) is 35.9 Å². The SMILES string of the molecule is OC[C@@H](O)[C@H](O)[C@@H](O)[C@@H]1COC(Cl)(c2ccccc2)O1. The molecule has 1 unspecified atom stereocenters. The summed E-state index contributed by atoms with van der Waals surface area (Å²) in [7, 11) is 0. The van der Waals surface area contributed by atoms with Crippen LogP contribution in [0.4, 0.5) is 0 Å². The van der Waals surface area contributed by atoms with Crippen molar-refractivity contribution in [3.8, 4) is 0 Å². The highest BCUT2D eigenvalue weighted by Crippen LogP contribution is 2.39. The third kappa shape index (κ3) is 3.12. The molecule has 0 bridgehead atoms. The summed E-state index contributed by atoms with van der Waals surface area (Å²) in [6, 6.07) is 8.76. The number of benzene rings is 1. The van der Waals surface area contributed by atoms with Crippen LogP contribution in [0.1, 0.15) is 5.56 Å². The number of rotatable bonds is 5. The Bertz CT molecular complexity index is 430. The summed E-state index contributed by atoms with van der Waals surface area (Å²) in [4.78, 5) is 0. The Morgan fingerprint density at radius 3 is 2.50 bits per heavy atom. The first kappa shape index (κ1) is 15.7. The van der Waals surface area contributed by atoms with Crippen LogP contribution in [-0.2, 0) is 14.7 Å². The first-order valence-corrected chi connectivity index (χ1v) is 6.57. The fourth-order valence-electron chi connectivity index (χ4n) is 1.96. The van der Waals surface area contributed by atoms with E-state index in [1.807, 2.05) is 6.07 Å². The Balaban J connectivity index is 2.05. The summed E-state index contributed by atoms with van der Waals surface area (Å²) in [5, 5.41) is 36.1. The molecule has 1 aromatic rings. The van der Waals surface area contributed by atoms with Gasteiger partial charge in [-0.2, -0.15) is 0 Å². The number of alkyl halides is 1. The minimum Gasteiger partial charge on any atom is -0.394 e. The number of aliphatic hydroxyl groups is 4. The third-order valence-electron chi connectivity index (χ3n) is 3.17. The smallest absolute Gasteiger partial charge is 0.276 e. The lowest BCUT2D eigenvalue weighted by Crippen LogP contribution is -2.47. The second-order valence-corrected chi connectivity index (χ2v) is 5.10. The van der Waals surface area contributed by atoms with Crippen LogP contribution in [0.15, 0.2) is 30.3 Å². The number of ether oxygens (including phenoxy) is 2. The molecule has 0 spiro atoms. The molecule has 20 heavy (non-hydrogen) atoms. The van der Waals surface area contributed by atoms with Gasteiger partial charge in [-0.05, 0) is 0 Å². The maximum absolute atomic E-state index is 9.91. The van der Waals surface area contributed by atoms with Gasteiger partial charge in [-0.25, -0.2) is 0 Å². The predicted molar refractivity (Wildman–Crippen MR) is 69.9 cm³/mol. The zero-order valence-electron chi connectivity index (χ0n) is 10.6. The number of hydrogen-bond acceptors (Lipinski definition) is 6. The van der Waals surface area contributed by atoms with E-state index in [9.17, 15) is 15.3 Å². The summed E-state index contributed by atoms with van der Waals surface area (Å²) in [6.07, 6.45) is -5.36. The van der Waals surface area contributed by atoms with E-state index in [0.29, 0.717) is 5.56 Å². The molecule has 0 amide bonds. The molecule has 1 aromatic carbocycles. The van der Waals surface area contributed by atoms with Gasteiger partial charge in [0.1, 0.15) is 24.4 Å². The second kappa shape index (κ2) is 6.36. The Hall–Kier alpha value is -0.730. The van der Waals surface area contributed by atoms with Gasteiger partial charge in [-0.3, -0.25) is 0 Å². The van der Waals surface area contributed by atoms with Gasteiger partial charge < -0.3 is 29.9 Å². The van der Waals surface area contributed by atoms with Crippen LogP contribution in [0, 0.1) is 0 Å². The lowest BCUT2D eigenvalue weighted by atomic mass is 10.0. The quantitative estimate of drug-likeness (QED) is 0.549. The maximum Gasteiger partial charge on any atom is 0.276 e. The van der Waals surface area contributed by atoms with Gasteiger partial charge in [0.05, 0.1) is 13.2 Å². The molecule has 4 N–H and O–H groups in total. The molecule has 0 aromatic heterocycles. The highest BCUT2D eigenvalue weighted by molar-refractivity contribution is 6.22. The Morgan fingerprint density at radius 1 is 1.25 bits per heavy atom. The zero-order chi connectivity index (χ0) is 14.8. The van der Waals surface area contributed by atoms with Gasteiger partial charge in [-0.15, -0.1) is 0 Å². The molecule has 5 atom stereocenters. The largest absolute Gasteiger partial charge is 0.394 e. The Morgan fingerprint density at radius 2 is 1.90 bits per heavy atom. The lowest BCUT2D eigenvalue weighted by molar-refractivity contribution is -0.151. The van der Waals surface area contributed by atoms with Gasteiger partial charge in [0.2, 0.25) is 0 Å². The van der Waals surface area contributed by atoms with Crippen molar-refractivity contribution in [3.63, 3.8) is 0 Å². The predicted octanol–water partition coefficient (Wildman–Crippen LogP) is -0.474. The summed E-state index contributed by atoms with van der Waals surface area (Å²) >= 11 is 6.20. The standard InChI is InChI=1S/C13H17ClO6/c14-13(8-4-2-1-3-5-8)19-7-10(20-13)12(18)11(17)9(16)6-15/h1-5,9-12,15-18H,6-7H2/t9-,10+,11+,12+,13?/m1/s1. The first-order valence-electron chi connectivity index (χ1n) is 6.19. The number of hydrogen-bond donors (Lipinski definition) is 4. The number of halogens is 1. The molecule has 1 aliphatic rings. The summed E-state index contributed by atoms with van der Waals surface area (Å²) in [5.74, 6) is 0. The van der Waals surface area contributed by atoms with Crippen molar-refractivity contribution in [2.24, 2.45) is 0 Å². The van der Waals surface area contributed by atoms with E-state index >= 15 is 0 Å². The van der Waals surface area contributed by atoms with Crippen molar-refractivity contribution in [2.75, 3.05) is 13.2 Å². The summed E-state index contributed by atoms with van der Waals surface area (Å²) in [5.41, 5.74) is 0.563. The van der Waals surface area contributed by atoms with E-state index in [2.05, 4.69) is 0 Å². The topological polar surface area (TPSA) is 99.4 Å². The van der Waals surface area contributed by atoms with Crippen LogP contribution in [0.5, 0.6) is 0 Å². The zero-order valence-corrected chi connectivity index (χ0v) is 11.3. The first-order chi connectivity index (χ1) is 9.48. The van der Waals surface area contributed by atoms with Gasteiger partial charge in [0, 0.05) is 5.56 Å². The van der Waals surface area contributed by atoms with Crippen LogP contribution < -0.4 is 0 Å². The van der Waals surface area contributed by atoms with Crippen LogP contribution in [0.3, 0.4) is 0 Å². The average Bonchev–Trinajstić information content (AvgIpc) is 2.89. The molecular weight excluding hydrogens is 288 g/mol. The highest BCUT2D eigenvalue weighted by Gasteiger charge is 2.46.